The highest BCUT2D eigenvalue weighted by Crippen LogP contribution is 2.39. The van der Waals surface area contributed by atoms with Crippen LogP contribution in [-0.4, -0.2) is 49.0 Å². The molecule has 3 aromatic carbocycles. The van der Waals surface area contributed by atoms with Crippen molar-refractivity contribution in [1.82, 2.24) is 4.90 Å². The molecule has 3 aromatic rings. The lowest BCUT2D eigenvalue weighted by Crippen LogP contribution is -2.31. The van der Waals surface area contributed by atoms with E-state index >= 15 is 0 Å². The molecule has 0 spiro atoms. The number of anilines is 3. The summed E-state index contributed by atoms with van der Waals surface area (Å²) >= 11 is 6.13. The Kier molecular flexibility index (Phi) is 7.62. The van der Waals surface area contributed by atoms with Crippen LogP contribution < -0.4 is 15.5 Å². The summed E-state index contributed by atoms with van der Waals surface area (Å²) in [5.74, 6) is -0.128. The minimum Gasteiger partial charge on any atom is -0.508 e. The minimum absolute atomic E-state index is 0.0146. The Morgan fingerprint density at radius 3 is 2.33 bits per heavy atom. The zero-order chi connectivity index (χ0) is 25.8. The van der Waals surface area contributed by atoms with Crippen LogP contribution in [0.15, 0.2) is 66.7 Å². The number of aromatic hydroxyl groups is 1. The summed E-state index contributed by atoms with van der Waals surface area (Å²) in [6.45, 7) is 3.09. The van der Waals surface area contributed by atoms with E-state index in [0.717, 1.165) is 35.5 Å². The molecule has 0 fully saturated rings. The Bertz CT molecular complexity index is 1300. The average molecular weight is 505 g/mol. The third kappa shape index (κ3) is 5.70. The molecule has 0 radical (unpaired) electrons. The molecule has 2 amide bonds. The zero-order valence-corrected chi connectivity index (χ0v) is 21.3. The van der Waals surface area contributed by atoms with E-state index in [1.54, 1.807) is 48.2 Å². The average Bonchev–Trinajstić information content (AvgIpc) is 3.15. The van der Waals surface area contributed by atoms with Crippen molar-refractivity contribution in [3.8, 4) is 5.75 Å². The monoisotopic (exact) mass is 504 g/mol. The van der Waals surface area contributed by atoms with Gasteiger partial charge in [0.25, 0.3) is 5.91 Å². The second-order valence-electron chi connectivity index (χ2n) is 8.94. The van der Waals surface area contributed by atoms with Crippen molar-refractivity contribution in [1.29, 1.82) is 0 Å². The summed E-state index contributed by atoms with van der Waals surface area (Å²) in [6, 6.07) is 19.5. The molecule has 1 heterocycles. The SMILES string of the molecule is CC(=O)N(CCCN(C)C)c1ccc(NC(=C2C(=O)Nc3cc(Cl)ccc32)c2ccc(O)cc2)cc1. The largest absolute Gasteiger partial charge is 0.508 e. The number of hydrogen-bond donors (Lipinski definition) is 3. The van der Waals surface area contributed by atoms with Gasteiger partial charge in [-0.15, -0.1) is 0 Å². The number of carbonyl (C=O) groups excluding carboxylic acids is 2. The first-order chi connectivity index (χ1) is 17.2. The van der Waals surface area contributed by atoms with E-state index < -0.39 is 0 Å². The number of amides is 2. The molecule has 3 N–H and O–H groups in total. The summed E-state index contributed by atoms with van der Waals surface area (Å²) in [5.41, 5.74) is 4.75. The Balaban J connectivity index is 1.68. The normalized spacial score (nSPS) is 13.9. The molecule has 4 rings (SSSR count). The highest BCUT2D eigenvalue weighted by atomic mass is 35.5. The van der Waals surface area contributed by atoms with E-state index in [2.05, 4.69) is 15.5 Å². The Morgan fingerprint density at radius 2 is 1.69 bits per heavy atom. The number of benzene rings is 3. The number of fused-ring (bicyclic) bond motifs is 1. The van der Waals surface area contributed by atoms with Crippen LogP contribution in [0.5, 0.6) is 5.75 Å². The molecule has 0 saturated carbocycles. The zero-order valence-electron chi connectivity index (χ0n) is 20.5. The molecule has 7 nitrogen and oxygen atoms in total. The summed E-state index contributed by atoms with van der Waals surface area (Å²) < 4.78 is 0. The summed E-state index contributed by atoms with van der Waals surface area (Å²) in [6.07, 6.45) is 0.863. The van der Waals surface area contributed by atoms with Crippen LogP contribution >= 0.6 is 11.6 Å². The van der Waals surface area contributed by atoms with Gasteiger partial charge in [0.05, 0.1) is 17.0 Å². The number of nitrogens with one attached hydrogen (secondary N) is 2. The van der Waals surface area contributed by atoms with Gasteiger partial charge < -0.3 is 25.5 Å². The minimum atomic E-state index is -0.247. The van der Waals surface area contributed by atoms with E-state index in [0.29, 0.717) is 28.5 Å². The van der Waals surface area contributed by atoms with Crippen LogP contribution in [0.25, 0.3) is 11.3 Å². The summed E-state index contributed by atoms with van der Waals surface area (Å²) in [7, 11) is 4.02. The van der Waals surface area contributed by atoms with Gasteiger partial charge in [0, 0.05) is 35.4 Å². The first-order valence-corrected chi connectivity index (χ1v) is 12.1. The lowest BCUT2D eigenvalue weighted by molar-refractivity contribution is -0.116. The maximum Gasteiger partial charge on any atom is 0.258 e. The van der Waals surface area contributed by atoms with E-state index in [1.165, 1.54) is 0 Å². The lowest BCUT2D eigenvalue weighted by Gasteiger charge is -2.23. The van der Waals surface area contributed by atoms with Gasteiger partial charge in [-0.2, -0.15) is 0 Å². The smallest absolute Gasteiger partial charge is 0.258 e. The second-order valence-corrected chi connectivity index (χ2v) is 9.38. The van der Waals surface area contributed by atoms with Crippen molar-refractivity contribution in [3.63, 3.8) is 0 Å². The van der Waals surface area contributed by atoms with E-state index in [4.69, 9.17) is 11.6 Å². The van der Waals surface area contributed by atoms with Gasteiger partial charge in [-0.1, -0.05) is 17.7 Å². The van der Waals surface area contributed by atoms with E-state index in [1.807, 2.05) is 44.4 Å². The van der Waals surface area contributed by atoms with Crippen molar-refractivity contribution in [2.24, 2.45) is 0 Å². The van der Waals surface area contributed by atoms with Crippen LogP contribution in [-0.2, 0) is 9.59 Å². The van der Waals surface area contributed by atoms with Crippen molar-refractivity contribution in [2.75, 3.05) is 42.7 Å². The quantitative estimate of drug-likeness (QED) is 0.363. The number of nitrogens with zero attached hydrogens (tertiary/aromatic N) is 2. The van der Waals surface area contributed by atoms with E-state index in [-0.39, 0.29) is 17.6 Å². The van der Waals surface area contributed by atoms with Gasteiger partial charge in [-0.3, -0.25) is 9.59 Å². The standard InChI is InChI=1S/C28H29ClN4O3/c1-18(34)33(16-4-15-32(2)3)22-10-8-21(9-11-22)30-27(19-5-12-23(35)13-6-19)26-24-14-7-20(29)17-25(24)31-28(26)36/h5-14,17,30,35H,4,15-16H2,1-3H3,(H,31,36). The molecule has 0 aromatic heterocycles. The van der Waals surface area contributed by atoms with Crippen LogP contribution in [0.3, 0.4) is 0 Å². The molecular formula is C28H29ClN4O3. The number of hydrogen-bond acceptors (Lipinski definition) is 5. The van der Waals surface area contributed by atoms with Crippen molar-refractivity contribution in [2.45, 2.75) is 13.3 Å². The number of halogens is 1. The molecule has 186 valence electrons. The number of rotatable bonds is 8. The maximum absolute atomic E-state index is 13.0. The van der Waals surface area contributed by atoms with E-state index in [9.17, 15) is 14.7 Å². The fourth-order valence-corrected chi connectivity index (χ4v) is 4.35. The molecule has 36 heavy (non-hydrogen) atoms. The lowest BCUT2D eigenvalue weighted by atomic mass is 10.00. The maximum atomic E-state index is 13.0. The first kappa shape index (κ1) is 25.3. The topological polar surface area (TPSA) is 84.9 Å². The van der Waals surface area contributed by atoms with Crippen LogP contribution in [0, 0.1) is 0 Å². The van der Waals surface area contributed by atoms with Gasteiger partial charge in [-0.05, 0) is 93.3 Å². The van der Waals surface area contributed by atoms with Crippen molar-refractivity contribution < 1.29 is 14.7 Å². The highest BCUT2D eigenvalue weighted by Gasteiger charge is 2.28. The van der Waals surface area contributed by atoms with Gasteiger partial charge in [0.1, 0.15) is 5.75 Å². The molecule has 0 unspecified atom stereocenters. The number of carbonyl (C=O) groups is 2. The fourth-order valence-electron chi connectivity index (χ4n) is 4.18. The van der Waals surface area contributed by atoms with Gasteiger partial charge in [0.2, 0.25) is 5.91 Å². The van der Waals surface area contributed by atoms with Gasteiger partial charge >= 0.3 is 0 Å². The predicted molar refractivity (Wildman–Crippen MR) is 146 cm³/mol. The third-order valence-electron chi connectivity index (χ3n) is 5.95. The molecular weight excluding hydrogens is 476 g/mol. The molecule has 1 aliphatic rings. The number of phenols is 1. The molecule has 0 bridgehead atoms. The second kappa shape index (κ2) is 10.8. The Hall–Kier alpha value is -3.81. The molecule has 8 heteroatoms. The van der Waals surface area contributed by atoms with Gasteiger partial charge in [0.15, 0.2) is 0 Å². The van der Waals surface area contributed by atoms with Gasteiger partial charge in [-0.25, -0.2) is 0 Å². The van der Waals surface area contributed by atoms with Crippen LogP contribution in [0.4, 0.5) is 17.1 Å². The van der Waals surface area contributed by atoms with Crippen LogP contribution in [0.1, 0.15) is 24.5 Å². The third-order valence-corrected chi connectivity index (χ3v) is 6.18. The first-order valence-electron chi connectivity index (χ1n) is 11.7. The van der Waals surface area contributed by atoms with Crippen molar-refractivity contribution >= 4 is 51.7 Å². The fraction of sp³-hybridized carbons (Fsp3) is 0.214. The molecule has 0 aliphatic carbocycles. The highest BCUT2D eigenvalue weighted by molar-refractivity contribution is 6.38. The van der Waals surface area contributed by atoms with Crippen molar-refractivity contribution in [3.05, 3.63) is 82.9 Å². The Labute approximate surface area is 216 Å². The number of phenolic OH excluding ortho intramolecular Hbond substituents is 1. The predicted octanol–water partition coefficient (Wildman–Crippen LogP) is 5.28. The molecule has 0 saturated heterocycles. The molecule has 1 aliphatic heterocycles. The van der Waals surface area contributed by atoms with Crippen LogP contribution in [0.2, 0.25) is 5.02 Å². The molecule has 0 atom stereocenters. The summed E-state index contributed by atoms with van der Waals surface area (Å²) in [4.78, 5) is 29.1. The Morgan fingerprint density at radius 1 is 1.00 bits per heavy atom. The summed E-state index contributed by atoms with van der Waals surface area (Å²) in [5, 5.41) is 16.6.